The van der Waals surface area contributed by atoms with E-state index in [-0.39, 0.29) is 24.5 Å². The van der Waals surface area contributed by atoms with Crippen LogP contribution in [0, 0.1) is 0 Å². The number of benzene rings is 1. The van der Waals surface area contributed by atoms with Crippen LogP contribution in [0.2, 0.25) is 0 Å². The first-order valence-corrected chi connectivity index (χ1v) is 9.15. The van der Waals surface area contributed by atoms with Crippen LogP contribution in [0.5, 0.6) is 5.75 Å². The zero-order valence-electron chi connectivity index (χ0n) is 16.6. The number of carbonyl (C=O) groups is 2. The molecule has 2 rings (SSSR count). The standard InChI is InChI=1S/C21H28N2O4/c1-14(2)17-9-6-10-18(15(3)4)19(17)27-21(25)26-13-23-11-7-8-16(12-23)20(24)22-5/h6-10,12,14-15H,11,13H2,1-5H3,(H,22,24). The summed E-state index contributed by atoms with van der Waals surface area (Å²) in [7, 11) is 1.57. The molecule has 0 spiro atoms. The minimum atomic E-state index is -0.755. The highest BCUT2D eigenvalue weighted by Gasteiger charge is 2.19. The molecule has 1 amide bonds. The Labute approximate surface area is 160 Å². The van der Waals surface area contributed by atoms with Crippen LogP contribution in [-0.2, 0) is 9.53 Å². The molecule has 146 valence electrons. The number of hydrogen-bond donors (Lipinski definition) is 1. The van der Waals surface area contributed by atoms with Crippen molar-refractivity contribution in [1.82, 2.24) is 10.2 Å². The zero-order chi connectivity index (χ0) is 20.0. The predicted molar refractivity (Wildman–Crippen MR) is 105 cm³/mol. The van der Waals surface area contributed by atoms with Crippen molar-refractivity contribution in [3.63, 3.8) is 0 Å². The molecule has 6 heteroatoms. The summed E-state index contributed by atoms with van der Waals surface area (Å²) in [6.45, 7) is 8.79. The lowest BCUT2D eigenvalue weighted by molar-refractivity contribution is -0.116. The maximum Gasteiger partial charge on any atom is 0.515 e. The maximum atomic E-state index is 12.3. The fourth-order valence-electron chi connectivity index (χ4n) is 2.83. The van der Waals surface area contributed by atoms with E-state index in [9.17, 15) is 9.59 Å². The van der Waals surface area contributed by atoms with Gasteiger partial charge < -0.3 is 19.7 Å². The van der Waals surface area contributed by atoms with Gasteiger partial charge in [-0.25, -0.2) is 4.79 Å². The quantitative estimate of drug-likeness (QED) is 0.606. The Kier molecular flexibility index (Phi) is 7.05. The average molecular weight is 372 g/mol. The first-order chi connectivity index (χ1) is 12.8. The molecule has 1 aliphatic heterocycles. The molecule has 6 nitrogen and oxygen atoms in total. The molecule has 1 aromatic carbocycles. The second-order valence-corrected chi connectivity index (χ2v) is 7.04. The van der Waals surface area contributed by atoms with Crippen molar-refractivity contribution < 1.29 is 19.1 Å². The van der Waals surface area contributed by atoms with Gasteiger partial charge >= 0.3 is 6.16 Å². The summed E-state index contributed by atoms with van der Waals surface area (Å²) < 4.78 is 10.9. The predicted octanol–water partition coefficient (Wildman–Crippen LogP) is 3.91. The monoisotopic (exact) mass is 372 g/mol. The van der Waals surface area contributed by atoms with Gasteiger partial charge in [0.1, 0.15) is 5.75 Å². The highest BCUT2D eigenvalue weighted by molar-refractivity contribution is 5.96. The second kappa shape index (κ2) is 9.26. The van der Waals surface area contributed by atoms with Crippen LogP contribution >= 0.6 is 0 Å². The number of nitrogens with one attached hydrogen (secondary N) is 1. The molecular weight excluding hydrogens is 344 g/mol. The minimum Gasteiger partial charge on any atom is -0.413 e. The van der Waals surface area contributed by atoms with Gasteiger partial charge in [-0.1, -0.05) is 58.0 Å². The molecule has 27 heavy (non-hydrogen) atoms. The van der Waals surface area contributed by atoms with E-state index < -0.39 is 6.16 Å². The molecule has 0 fully saturated rings. The third-order valence-corrected chi connectivity index (χ3v) is 4.30. The topological polar surface area (TPSA) is 67.9 Å². The van der Waals surface area contributed by atoms with Gasteiger partial charge in [-0.05, 0) is 23.0 Å². The molecule has 0 atom stereocenters. The summed E-state index contributed by atoms with van der Waals surface area (Å²) in [5.74, 6) is 0.826. The van der Waals surface area contributed by atoms with Crippen LogP contribution in [0.15, 0.2) is 42.1 Å². The van der Waals surface area contributed by atoms with Crippen LogP contribution in [-0.4, -0.2) is 37.3 Å². The third kappa shape index (κ3) is 5.36. The largest absolute Gasteiger partial charge is 0.515 e. The highest BCUT2D eigenvalue weighted by atomic mass is 16.7. The van der Waals surface area contributed by atoms with Crippen LogP contribution in [0.4, 0.5) is 4.79 Å². The van der Waals surface area contributed by atoms with E-state index in [1.807, 2.05) is 24.3 Å². The fourth-order valence-corrected chi connectivity index (χ4v) is 2.83. The molecule has 0 unspecified atom stereocenters. The van der Waals surface area contributed by atoms with Gasteiger partial charge in [-0.15, -0.1) is 0 Å². The SMILES string of the molecule is CNC(=O)C1=CN(COC(=O)Oc2c(C(C)C)cccc2C(C)C)CC=C1. The van der Waals surface area contributed by atoms with E-state index in [0.717, 1.165) is 11.1 Å². The number of hydrogen-bond acceptors (Lipinski definition) is 5. The molecule has 1 N–H and O–H groups in total. The Morgan fingerprint density at radius 1 is 1.15 bits per heavy atom. The number of nitrogens with zero attached hydrogens (tertiary/aromatic N) is 1. The number of rotatable bonds is 6. The van der Waals surface area contributed by atoms with E-state index in [2.05, 4.69) is 33.0 Å². The third-order valence-electron chi connectivity index (χ3n) is 4.30. The minimum absolute atomic E-state index is 0.00449. The molecule has 0 aromatic heterocycles. The van der Waals surface area contributed by atoms with Gasteiger partial charge in [0.2, 0.25) is 0 Å². The highest BCUT2D eigenvalue weighted by Crippen LogP contribution is 2.34. The number of para-hydroxylation sites is 1. The summed E-state index contributed by atoms with van der Waals surface area (Å²) in [4.78, 5) is 25.7. The molecular formula is C21H28N2O4. The normalized spacial score (nSPS) is 13.6. The van der Waals surface area contributed by atoms with Crippen molar-refractivity contribution >= 4 is 12.1 Å². The lowest BCUT2D eigenvalue weighted by Crippen LogP contribution is -2.29. The summed E-state index contributed by atoms with van der Waals surface area (Å²) in [6.07, 6.45) is 4.48. The van der Waals surface area contributed by atoms with Crippen molar-refractivity contribution in [2.24, 2.45) is 0 Å². The number of amides is 1. The van der Waals surface area contributed by atoms with E-state index >= 15 is 0 Å². The Hall–Kier alpha value is -2.76. The first-order valence-electron chi connectivity index (χ1n) is 9.15. The summed E-state index contributed by atoms with van der Waals surface area (Å²) >= 11 is 0. The Morgan fingerprint density at radius 2 is 1.78 bits per heavy atom. The van der Waals surface area contributed by atoms with Crippen molar-refractivity contribution in [3.8, 4) is 5.75 Å². The van der Waals surface area contributed by atoms with E-state index in [0.29, 0.717) is 17.9 Å². The van der Waals surface area contributed by atoms with Gasteiger partial charge in [-0.2, -0.15) is 0 Å². The van der Waals surface area contributed by atoms with E-state index in [4.69, 9.17) is 9.47 Å². The lowest BCUT2D eigenvalue weighted by Gasteiger charge is -2.23. The smallest absolute Gasteiger partial charge is 0.413 e. The molecule has 1 heterocycles. The summed E-state index contributed by atoms with van der Waals surface area (Å²) in [5.41, 5.74) is 2.45. The van der Waals surface area contributed by atoms with Gasteiger partial charge in [0.05, 0.1) is 5.57 Å². The molecule has 0 saturated heterocycles. The first kappa shape index (κ1) is 20.6. The molecule has 0 bridgehead atoms. The van der Waals surface area contributed by atoms with Crippen LogP contribution in [0.1, 0.15) is 50.7 Å². The molecule has 0 aliphatic carbocycles. The summed E-state index contributed by atoms with van der Waals surface area (Å²) in [6, 6.07) is 5.91. The van der Waals surface area contributed by atoms with Crippen LogP contribution < -0.4 is 10.1 Å². The van der Waals surface area contributed by atoms with Crippen LogP contribution in [0.25, 0.3) is 0 Å². The number of ether oxygens (including phenoxy) is 2. The summed E-state index contributed by atoms with van der Waals surface area (Å²) in [5, 5.41) is 2.57. The van der Waals surface area contributed by atoms with Crippen molar-refractivity contribution in [2.75, 3.05) is 20.3 Å². The van der Waals surface area contributed by atoms with Crippen molar-refractivity contribution in [2.45, 2.75) is 39.5 Å². The number of likely N-dealkylation sites (N-methyl/N-ethyl adjacent to an activating group) is 1. The van der Waals surface area contributed by atoms with Crippen molar-refractivity contribution in [1.29, 1.82) is 0 Å². The molecule has 0 radical (unpaired) electrons. The Morgan fingerprint density at radius 3 is 2.33 bits per heavy atom. The fraction of sp³-hybridized carbons (Fsp3) is 0.429. The van der Waals surface area contributed by atoms with Gasteiger partial charge in [0.25, 0.3) is 5.91 Å². The van der Waals surface area contributed by atoms with Gasteiger partial charge in [0, 0.05) is 19.8 Å². The van der Waals surface area contributed by atoms with E-state index in [1.54, 1.807) is 24.2 Å². The second-order valence-electron chi connectivity index (χ2n) is 7.04. The Bertz CT molecular complexity index is 724. The molecule has 1 aromatic rings. The lowest BCUT2D eigenvalue weighted by atomic mass is 9.94. The average Bonchev–Trinajstić information content (AvgIpc) is 2.65. The maximum absolute atomic E-state index is 12.3. The molecule has 1 aliphatic rings. The van der Waals surface area contributed by atoms with Gasteiger partial charge in [-0.3, -0.25) is 4.79 Å². The Balaban J connectivity index is 2.05. The van der Waals surface area contributed by atoms with Crippen molar-refractivity contribution in [3.05, 3.63) is 53.3 Å². The van der Waals surface area contributed by atoms with Gasteiger partial charge in [0.15, 0.2) is 6.73 Å². The molecule has 0 saturated carbocycles. The zero-order valence-corrected chi connectivity index (χ0v) is 16.6. The number of carbonyl (C=O) groups excluding carboxylic acids is 2. The van der Waals surface area contributed by atoms with Crippen LogP contribution in [0.3, 0.4) is 0 Å². The van der Waals surface area contributed by atoms with E-state index in [1.165, 1.54) is 0 Å².